The SMILES string of the molecule is Cl.Cl.c1ccc(CCN2CCNCC2)cc1. The summed E-state index contributed by atoms with van der Waals surface area (Å²) in [6, 6.07) is 10.7. The molecule has 0 atom stereocenters. The first-order chi connectivity index (χ1) is 6.95. The molecule has 1 aromatic rings. The Labute approximate surface area is 110 Å². The van der Waals surface area contributed by atoms with Crippen molar-refractivity contribution in [1.29, 1.82) is 0 Å². The molecule has 0 amide bonds. The van der Waals surface area contributed by atoms with Crippen molar-refractivity contribution in [3.63, 3.8) is 0 Å². The van der Waals surface area contributed by atoms with E-state index in [0.717, 1.165) is 13.1 Å². The molecule has 1 saturated heterocycles. The molecule has 0 aliphatic carbocycles. The van der Waals surface area contributed by atoms with Gasteiger partial charge in [-0.05, 0) is 12.0 Å². The third-order valence-corrected chi connectivity index (χ3v) is 2.77. The summed E-state index contributed by atoms with van der Waals surface area (Å²) in [5.74, 6) is 0. The van der Waals surface area contributed by atoms with Gasteiger partial charge in [0.1, 0.15) is 0 Å². The Morgan fingerprint density at radius 3 is 2.25 bits per heavy atom. The van der Waals surface area contributed by atoms with E-state index < -0.39 is 0 Å². The summed E-state index contributed by atoms with van der Waals surface area (Å²) in [5, 5.41) is 3.37. The Hall–Kier alpha value is -0.280. The fourth-order valence-corrected chi connectivity index (χ4v) is 1.87. The van der Waals surface area contributed by atoms with Crippen LogP contribution in [0.2, 0.25) is 0 Å². The number of nitrogens with one attached hydrogen (secondary N) is 1. The number of hydrogen-bond donors (Lipinski definition) is 1. The normalized spacial score (nSPS) is 16.0. The molecular weight excluding hydrogens is 243 g/mol. The lowest BCUT2D eigenvalue weighted by Crippen LogP contribution is -2.44. The molecule has 16 heavy (non-hydrogen) atoms. The van der Waals surface area contributed by atoms with Crippen molar-refractivity contribution in [2.75, 3.05) is 32.7 Å². The number of hydrogen-bond acceptors (Lipinski definition) is 2. The van der Waals surface area contributed by atoms with E-state index in [1.807, 2.05) is 0 Å². The number of benzene rings is 1. The van der Waals surface area contributed by atoms with Crippen LogP contribution in [0.3, 0.4) is 0 Å². The number of rotatable bonds is 3. The molecule has 92 valence electrons. The van der Waals surface area contributed by atoms with E-state index in [0.29, 0.717) is 0 Å². The van der Waals surface area contributed by atoms with E-state index in [4.69, 9.17) is 0 Å². The van der Waals surface area contributed by atoms with E-state index in [-0.39, 0.29) is 24.8 Å². The summed E-state index contributed by atoms with van der Waals surface area (Å²) >= 11 is 0. The molecule has 1 N–H and O–H groups in total. The van der Waals surface area contributed by atoms with E-state index in [2.05, 4.69) is 40.5 Å². The van der Waals surface area contributed by atoms with Gasteiger partial charge in [0, 0.05) is 32.7 Å². The highest BCUT2D eigenvalue weighted by molar-refractivity contribution is 5.85. The molecule has 1 aliphatic heterocycles. The van der Waals surface area contributed by atoms with Crippen molar-refractivity contribution < 1.29 is 0 Å². The van der Waals surface area contributed by atoms with Crippen LogP contribution in [0.25, 0.3) is 0 Å². The van der Waals surface area contributed by atoms with Crippen molar-refractivity contribution in [3.05, 3.63) is 35.9 Å². The predicted octanol–water partition coefficient (Wildman–Crippen LogP) is 1.98. The summed E-state index contributed by atoms with van der Waals surface area (Å²) in [6.45, 7) is 5.90. The lowest BCUT2D eigenvalue weighted by atomic mass is 10.1. The van der Waals surface area contributed by atoms with Gasteiger partial charge >= 0.3 is 0 Å². The van der Waals surface area contributed by atoms with Gasteiger partial charge in [-0.1, -0.05) is 30.3 Å². The molecule has 1 heterocycles. The van der Waals surface area contributed by atoms with E-state index in [1.54, 1.807) is 0 Å². The van der Waals surface area contributed by atoms with E-state index >= 15 is 0 Å². The van der Waals surface area contributed by atoms with Crippen LogP contribution in [0.15, 0.2) is 30.3 Å². The van der Waals surface area contributed by atoms with Gasteiger partial charge in [0.15, 0.2) is 0 Å². The maximum absolute atomic E-state index is 3.37. The molecule has 0 saturated carbocycles. The van der Waals surface area contributed by atoms with Gasteiger partial charge in [0.05, 0.1) is 0 Å². The zero-order chi connectivity index (χ0) is 9.64. The Morgan fingerprint density at radius 2 is 1.62 bits per heavy atom. The van der Waals surface area contributed by atoms with Crippen molar-refractivity contribution in [3.8, 4) is 0 Å². The monoisotopic (exact) mass is 262 g/mol. The van der Waals surface area contributed by atoms with Crippen molar-refractivity contribution >= 4 is 24.8 Å². The summed E-state index contributed by atoms with van der Waals surface area (Å²) < 4.78 is 0. The van der Waals surface area contributed by atoms with Gasteiger partial charge in [0.2, 0.25) is 0 Å². The fourth-order valence-electron chi connectivity index (χ4n) is 1.87. The number of halogens is 2. The molecule has 0 aromatic heterocycles. The largest absolute Gasteiger partial charge is 0.314 e. The number of piperazine rings is 1. The van der Waals surface area contributed by atoms with Crippen LogP contribution < -0.4 is 5.32 Å². The lowest BCUT2D eigenvalue weighted by molar-refractivity contribution is 0.244. The maximum Gasteiger partial charge on any atom is 0.0108 e. The van der Waals surface area contributed by atoms with Crippen LogP contribution in [-0.4, -0.2) is 37.6 Å². The number of nitrogens with zero attached hydrogens (tertiary/aromatic N) is 1. The topological polar surface area (TPSA) is 15.3 Å². The summed E-state index contributed by atoms with van der Waals surface area (Å²) in [4.78, 5) is 2.53. The average Bonchev–Trinajstić information content (AvgIpc) is 2.29. The molecule has 4 heteroatoms. The zero-order valence-corrected chi connectivity index (χ0v) is 11.0. The summed E-state index contributed by atoms with van der Waals surface area (Å²) in [5.41, 5.74) is 1.45. The first kappa shape index (κ1) is 15.7. The molecule has 2 rings (SSSR count). The van der Waals surface area contributed by atoms with Crippen molar-refractivity contribution in [1.82, 2.24) is 10.2 Å². The highest BCUT2D eigenvalue weighted by Crippen LogP contribution is 2.01. The minimum absolute atomic E-state index is 0. The molecule has 0 unspecified atom stereocenters. The summed E-state index contributed by atoms with van der Waals surface area (Å²) in [6.07, 6.45) is 1.18. The quantitative estimate of drug-likeness (QED) is 0.897. The highest BCUT2D eigenvalue weighted by atomic mass is 35.5. The standard InChI is InChI=1S/C12H18N2.2ClH/c1-2-4-12(5-3-1)6-9-14-10-7-13-8-11-14;;/h1-5,13H,6-11H2;2*1H. The van der Waals surface area contributed by atoms with Crippen LogP contribution in [-0.2, 0) is 6.42 Å². The summed E-state index contributed by atoms with van der Waals surface area (Å²) in [7, 11) is 0. The van der Waals surface area contributed by atoms with Crippen molar-refractivity contribution in [2.24, 2.45) is 0 Å². The van der Waals surface area contributed by atoms with Gasteiger partial charge in [-0.25, -0.2) is 0 Å². The molecule has 0 radical (unpaired) electrons. The van der Waals surface area contributed by atoms with Crippen LogP contribution in [0.1, 0.15) is 5.56 Å². The first-order valence-electron chi connectivity index (χ1n) is 5.42. The van der Waals surface area contributed by atoms with Crippen LogP contribution in [0.5, 0.6) is 0 Å². The minimum Gasteiger partial charge on any atom is -0.314 e. The van der Waals surface area contributed by atoms with E-state index in [9.17, 15) is 0 Å². The Balaban J connectivity index is 0.00000112. The van der Waals surface area contributed by atoms with Gasteiger partial charge in [0.25, 0.3) is 0 Å². The molecule has 0 bridgehead atoms. The van der Waals surface area contributed by atoms with Gasteiger partial charge in [-0.2, -0.15) is 0 Å². The van der Waals surface area contributed by atoms with Crippen LogP contribution in [0, 0.1) is 0 Å². The molecule has 1 fully saturated rings. The third kappa shape index (κ3) is 5.17. The van der Waals surface area contributed by atoms with E-state index in [1.165, 1.54) is 31.6 Å². The van der Waals surface area contributed by atoms with Gasteiger partial charge in [-0.3, -0.25) is 0 Å². The molecular formula is C12H20Cl2N2. The fraction of sp³-hybridized carbons (Fsp3) is 0.500. The second-order valence-corrected chi connectivity index (χ2v) is 3.83. The smallest absolute Gasteiger partial charge is 0.0108 e. The molecule has 1 aromatic carbocycles. The van der Waals surface area contributed by atoms with Gasteiger partial charge in [-0.15, -0.1) is 24.8 Å². The minimum atomic E-state index is 0. The maximum atomic E-state index is 3.37. The lowest BCUT2D eigenvalue weighted by Gasteiger charge is -2.27. The third-order valence-electron chi connectivity index (χ3n) is 2.77. The highest BCUT2D eigenvalue weighted by Gasteiger charge is 2.08. The molecule has 1 aliphatic rings. The zero-order valence-electron chi connectivity index (χ0n) is 9.39. The molecule has 0 spiro atoms. The molecule has 2 nitrogen and oxygen atoms in total. The Morgan fingerprint density at radius 1 is 1.00 bits per heavy atom. The van der Waals surface area contributed by atoms with Gasteiger partial charge < -0.3 is 10.2 Å². The Kier molecular flexibility index (Phi) is 8.67. The van der Waals surface area contributed by atoms with Crippen LogP contribution in [0.4, 0.5) is 0 Å². The average molecular weight is 263 g/mol. The van der Waals surface area contributed by atoms with Crippen molar-refractivity contribution in [2.45, 2.75) is 6.42 Å². The second kappa shape index (κ2) is 8.82. The predicted molar refractivity (Wildman–Crippen MR) is 74.0 cm³/mol. The van der Waals surface area contributed by atoms with Crippen LogP contribution >= 0.6 is 24.8 Å². The Bertz CT molecular complexity index is 261. The second-order valence-electron chi connectivity index (χ2n) is 3.83. The first-order valence-corrected chi connectivity index (χ1v) is 5.42.